The molecule has 0 aromatic rings. The third kappa shape index (κ3) is 3.97. The highest BCUT2D eigenvalue weighted by Gasteiger charge is 2.30. The molecule has 0 saturated heterocycles. The number of primary amides is 1. The van der Waals surface area contributed by atoms with Crippen LogP contribution >= 0.6 is 0 Å². The number of rotatable bonds is 4. The fourth-order valence-corrected chi connectivity index (χ4v) is 1.21. The molecule has 0 bridgehead atoms. The maximum atomic E-state index is 10.2. The monoisotopic (exact) mass is 179 g/mol. The van der Waals surface area contributed by atoms with Crippen LogP contribution in [0.15, 0.2) is 0 Å². The van der Waals surface area contributed by atoms with E-state index in [2.05, 4.69) is 4.74 Å². The van der Waals surface area contributed by atoms with E-state index in [-0.39, 0.29) is 6.23 Å². The first-order valence-electron chi connectivity index (χ1n) is 3.06. The number of nitrogens with two attached hydrogens (primary N) is 1. The third-order valence-corrected chi connectivity index (χ3v) is 3.74. The molecule has 5 nitrogen and oxygen atoms in total. The van der Waals surface area contributed by atoms with Crippen molar-refractivity contribution in [1.29, 1.82) is 0 Å². The van der Waals surface area contributed by atoms with E-state index in [1.54, 1.807) is 6.55 Å². The summed E-state index contributed by atoms with van der Waals surface area (Å²) in [5.74, 6) is 0. The summed E-state index contributed by atoms with van der Waals surface area (Å²) in [5.41, 5.74) is 4.76. The van der Waals surface area contributed by atoms with Gasteiger partial charge < -0.3 is 19.3 Å². The van der Waals surface area contributed by atoms with Crippen LogP contribution in [0.5, 0.6) is 0 Å². The minimum atomic E-state index is -2.28. The molecule has 0 aliphatic carbocycles. The van der Waals surface area contributed by atoms with E-state index in [1.807, 2.05) is 0 Å². The number of ether oxygens (including phenoxy) is 1. The second kappa shape index (κ2) is 4.32. The average Bonchev–Trinajstić information content (AvgIpc) is 2.00. The Balaban J connectivity index is 3.78. The summed E-state index contributed by atoms with van der Waals surface area (Å²) in [4.78, 5) is 10.2. The summed E-state index contributed by atoms with van der Waals surface area (Å²) in [5, 5.41) is 0. The Morgan fingerprint density at radius 3 is 2.18 bits per heavy atom. The van der Waals surface area contributed by atoms with Gasteiger partial charge in [-0.25, -0.2) is 4.79 Å². The van der Waals surface area contributed by atoms with E-state index in [4.69, 9.17) is 14.6 Å². The van der Waals surface area contributed by atoms with Crippen molar-refractivity contribution < 1.29 is 18.4 Å². The first kappa shape index (κ1) is 10.4. The van der Waals surface area contributed by atoms with Gasteiger partial charge in [-0.05, 0) is 6.55 Å². The molecule has 0 saturated carbocycles. The van der Waals surface area contributed by atoms with Crippen molar-refractivity contribution >= 4 is 14.7 Å². The van der Waals surface area contributed by atoms with Crippen LogP contribution in [-0.2, 0) is 13.6 Å². The van der Waals surface area contributed by atoms with Crippen LogP contribution in [0.3, 0.4) is 0 Å². The lowest BCUT2D eigenvalue weighted by Crippen LogP contribution is -2.43. The Bertz CT molecular complexity index is 136. The smallest absolute Gasteiger partial charge is 0.404 e. The predicted molar refractivity (Wildman–Crippen MR) is 41.2 cm³/mol. The van der Waals surface area contributed by atoms with E-state index in [0.717, 1.165) is 0 Å². The lowest BCUT2D eigenvalue weighted by Gasteiger charge is -2.21. The zero-order valence-corrected chi connectivity index (χ0v) is 7.92. The van der Waals surface area contributed by atoms with E-state index in [1.165, 1.54) is 14.2 Å². The second-order valence-corrected chi connectivity index (χ2v) is 5.52. The Kier molecular flexibility index (Phi) is 4.09. The molecule has 0 unspecified atom stereocenters. The highest BCUT2D eigenvalue weighted by atomic mass is 28.4. The van der Waals surface area contributed by atoms with Crippen LogP contribution in [0.4, 0.5) is 4.79 Å². The SMILES string of the molecule is CO[Si](C)(COC(N)=O)OC. The van der Waals surface area contributed by atoms with Gasteiger partial charge in [0.1, 0.15) is 6.23 Å². The molecular weight excluding hydrogens is 166 g/mol. The minimum absolute atomic E-state index is 0.120. The van der Waals surface area contributed by atoms with Crippen molar-refractivity contribution in [1.82, 2.24) is 0 Å². The molecule has 0 radical (unpaired) electrons. The second-order valence-electron chi connectivity index (χ2n) is 2.15. The zero-order chi connectivity index (χ0) is 8.91. The van der Waals surface area contributed by atoms with Gasteiger partial charge in [-0.1, -0.05) is 0 Å². The van der Waals surface area contributed by atoms with Gasteiger partial charge in [-0.15, -0.1) is 0 Å². The number of hydrogen-bond donors (Lipinski definition) is 1. The number of carbonyl (C=O) groups excluding carboxylic acids is 1. The standard InChI is InChI=1S/C5H13NO4Si/c1-8-11(3,9-2)4-10-5(6)7/h4H2,1-3H3,(H2,6,7). The fraction of sp³-hybridized carbons (Fsp3) is 0.800. The van der Waals surface area contributed by atoms with E-state index in [0.29, 0.717) is 0 Å². The Hall–Kier alpha value is -0.593. The van der Waals surface area contributed by atoms with Crippen molar-refractivity contribution in [3.05, 3.63) is 0 Å². The van der Waals surface area contributed by atoms with Crippen molar-refractivity contribution in [3.63, 3.8) is 0 Å². The van der Waals surface area contributed by atoms with Gasteiger partial charge in [0.15, 0.2) is 0 Å². The van der Waals surface area contributed by atoms with Gasteiger partial charge in [0.05, 0.1) is 0 Å². The van der Waals surface area contributed by atoms with Crippen LogP contribution in [0.1, 0.15) is 0 Å². The molecule has 0 atom stereocenters. The molecule has 0 aliphatic rings. The largest absolute Gasteiger partial charge is 0.448 e. The topological polar surface area (TPSA) is 70.8 Å². The van der Waals surface area contributed by atoms with Crippen LogP contribution < -0.4 is 5.73 Å². The number of hydrogen-bond acceptors (Lipinski definition) is 4. The molecule has 1 amide bonds. The Labute approximate surface area is 66.7 Å². The normalized spacial score (nSPS) is 11.2. The van der Waals surface area contributed by atoms with E-state index < -0.39 is 14.7 Å². The quantitative estimate of drug-likeness (QED) is 0.616. The van der Waals surface area contributed by atoms with Crippen molar-refractivity contribution in [2.24, 2.45) is 5.73 Å². The molecule has 0 aromatic carbocycles. The van der Waals surface area contributed by atoms with E-state index >= 15 is 0 Å². The first-order chi connectivity index (χ1) is 5.04. The third-order valence-electron chi connectivity index (χ3n) is 1.34. The molecule has 0 rings (SSSR count). The molecule has 0 aromatic heterocycles. The van der Waals surface area contributed by atoms with Crippen LogP contribution in [0.2, 0.25) is 6.55 Å². The summed E-state index contributed by atoms with van der Waals surface area (Å²) in [6, 6.07) is 0. The predicted octanol–water partition coefficient (Wildman–Crippen LogP) is -0.0143. The number of amides is 1. The minimum Gasteiger partial charge on any atom is -0.448 e. The van der Waals surface area contributed by atoms with Gasteiger partial charge in [-0.3, -0.25) is 0 Å². The fourth-order valence-electron chi connectivity index (χ4n) is 0.403. The van der Waals surface area contributed by atoms with Gasteiger partial charge in [-0.2, -0.15) is 0 Å². The average molecular weight is 179 g/mol. The van der Waals surface area contributed by atoms with Crippen molar-refractivity contribution in [2.45, 2.75) is 6.55 Å². The van der Waals surface area contributed by atoms with Gasteiger partial charge in [0.2, 0.25) is 0 Å². The van der Waals surface area contributed by atoms with Gasteiger partial charge in [0, 0.05) is 14.2 Å². The molecular formula is C5H13NO4Si. The lowest BCUT2D eigenvalue weighted by atomic mass is 11.2. The maximum Gasteiger partial charge on any atom is 0.404 e. The van der Waals surface area contributed by atoms with Crippen molar-refractivity contribution in [3.8, 4) is 0 Å². The lowest BCUT2D eigenvalue weighted by molar-refractivity contribution is 0.148. The molecule has 0 fully saturated rings. The highest BCUT2D eigenvalue weighted by molar-refractivity contribution is 6.65. The first-order valence-corrected chi connectivity index (χ1v) is 5.59. The summed E-state index contributed by atoms with van der Waals surface area (Å²) in [7, 11) is 0.745. The van der Waals surface area contributed by atoms with Crippen LogP contribution in [-0.4, -0.2) is 35.1 Å². The summed E-state index contributed by atoms with van der Waals surface area (Å²) < 4.78 is 14.6. The maximum absolute atomic E-state index is 10.2. The molecule has 0 spiro atoms. The molecule has 0 aliphatic heterocycles. The zero-order valence-electron chi connectivity index (χ0n) is 6.92. The van der Waals surface area contributed by atoms with Gasteiger partial charge in [0.25, 0.3) is 0 Å². The Morgan fingerprint density at radius 2 is 1.91 bits per heavy atom. The van der Waals surface area contributed by atoms with Crippen molar-refractivity contribution in [2.75, 3.05) is 20.4 Å². The molecule has 11 heavy (non-hydrogen) atoms. The molecule has 2 N–H and O–H groups in total. The molecule has 0 heterocycles. The summed E-state index contributed by atoms with van der Waals surface area (Å²) >= 11 is 0. The van der Waals surface area contributed by atoms with E-state index in [9.17, 15) is 4.79 Å². The highest BCUT2D eigenvalue weighted by Crippen LogP contribution is 2.03. The Morgan fingerprint density at radius 1 is 1.45 bits per heavy atom. The molecule has 6 heteroatoms. The summed E-state index contributed by atoms with van der Waals surface area (Å²) in [6.07, 6.45) is -0.687. The molecule has 66 valence electrons. The van der Waals surface area contributed by atoms with Crippen LogP contribution in [0, 0.1) is 0 Å². The van der Waals surface area contributed by atoms with Crippen LogP contribution in [0.25, 0.3) is 0 Å². The van der Waals surface area contributed by atoms with Gasteiger partial charge >= 0.3 is 14.7 Å². The number of carbonyl (C=O) groups is 1. The summed E-state index contributed by atoms with van der Waals surface area (Å²) in [6.45, 7) is 1.77.